The highest BCUT2D eigenvalue weighted by Gasteiger charge is 2.27. The summed E-state index contributed by atoms with van der Waals surface area (Å²) in [4.78, 5) is 7.05. The zero-order valence-corrected chi connectivity index (χ0v) is 27.6. The monoisotopic (exact) mass is 607 g/mol. The minimum atomic E-state index is 0.524. The Morgan fingerprint density at radius 2 is 1.73 bits per heavy atom. The molecule has 0 spiro atoms. The summed E-state index contributed by atoms with van der Waals surface area (Å²) in [5.74, 6) is 5.67. The third kappa shape index (κ3) is 6.33. The summed E-state index contributed by atoms with van der Waals surface area (Å²) in [5, 5.41) is 1.17. The molecule has 44 heavy (non-hydrogen) atoms. The van der Waals surface area contributed by atoms with E-state index in [-0.39, 0.29) is 0 Å². The van der Waals surface area contributed by atoms with Gasteiger partial charge >= 0.3 is 0 Å². The first-order valence-corrected chi connectivity index (χ1v) is 16.0. The fourth-order valence-corrected chi connectivity index (χ4v) is 7.06. The number of hydrogen-bond acceptors (Lipinski definition) is 6. The van der Waals surface area contributed by atoms with Crippen molar-refractivity contribution in [1.29, 1.82) is 0 Å². The Kier molecular flexibility index (Phi) is 9.94. The molecule has 0 atom stereocenters. The van der Waals surface area contributed by atoms with Crippen molar-refractivity contribution < 1.29 is 14.0 Å². The Bertz CT molecular complexity index is 1710. The zero-order chi connectivity index (χ0) is 31.2. The van der Waals surface area contributed by atoms with Gasteiger partial charge in [0.15, 0.2) is 0 Å². The van der Waals surface area contributed by atoms with E-state index in [0.29, 0.717) is 6.54 Å². The molecule has 0 radical (unpaired) electrons. The fourth-order valence-electron chi connectivity index (χ4n) is 5.92. The molecule has 0 N–H and O–H groups in total. The van der Waals surface area contributed by atoms with Crippen molar-refractivity contribution in [3.63, 3.8) is 0 Å². The van der Waals surface area contributed by atoms with Gasteiger partial charge in [-0.15, -0.1) is 6.42 Å². The van der Waals surface area contributed by atoms with Crippen molar-refractivity contribution in [2.24, 2.45) is 7.05 Å². The minimum absolute atomic E-state index is 0.524. The van der Waals surface area contributed by atoms with Gasteiger partial charge in [0.25, 0.3) is 5.01 Å². The second kappa shape index (κ2) is 14.0. The van der Waals surface area contributed by atoms with E-state index in [9.17, 15) is 0 Å². The van der Waals surface area contributed by atoms with Gasteiger partial charge in [0.2, 0.25) is 5.52 Å². The molecular weight excluding hydrogens is 565 g/mol. The molecular formula is C37H43N4O2S+. The number of aromatic nitrogens is 1. The predicted molar refractivity (Wildman–Crippen MR) is 185 cm³/mol. The van der Waals surface area contributed by atoms with Gasteiger partial charge in [0.1, 0.15) is 29.1 Å². The van der Waals surface area contributed by atoms with E-state index < -0.39 is 0 Å². The van der Waals surface area contributed by atoms with E-state index in [1.165, 1.54) is 32.2 Å². The molecule has 1 aliphatic rings. The van der Waals surface area contributed by atoms with Gasteiger partial charge in [-0.05, 0) is 81.0 Å². The van der Waals surface area contributed by atoms with Crippen molar-refractivity contribution in [1.82, 2.24) is 9.80 Å². The van der Waals surface area contributed by atoms with Gasteiger partial charge < -0.3 is 24.2 Å². The van der Waals surface area contributed by atoms with Crippen LogP contribution < -0.4 is 18.9 Å². The average Bonchev–Trinajstić information content (AvgIpc) is 3.34. The molecule has 5 rings (SSSR count). The summed E-state index contributed by atoms with van der Waals surface area (Å²) in [7, 11) is 9.80. The number of rotatable bonds is 12. The maximum atomic E-state index is 5.93. The molecule has 7 heteroatoms. The summed E-state index contributed by atoms with van der Waals surface area (Å²) in [6.45, 7) is 5.75. The van der Waals surface area contributed by atoms with Gasteiger partial charge in [0, 0.05) is 30.8 Å². The van der Waals surface area contributed by atoms with E-state index in [1.54, 1.807) is 25.6 Å². The van der Waals surface area contributed by atoms with E-state index in [1.807, 2.05) is 18.2 Å². The SMILES string of the molecule is C#CCN1C(N(CCC)CCCN(C)C)=CC(=Cc2sc3cc(-c4c(OC)cccc4OC)ccc3[n+]2C)c2ccccc21. The summed E-state index contributed by atoms with van der Waals surface area (Å²) in [6, 6.07) is 21.1. The maximum absolute atomic E-state index is 5.93. The largest absolute Gasteiger partial charge is 0.496 e. The molecule has 0 aliphatic carbocycles. The molecule has 1 aromatic heterocycles. The molecule has 0 bridgehead atoms. The fraction of sp³-hybridized carbons (Fsp3) is 0.324. The summed E-state index contributed by atoms with van der Waals surface area (Å²) >= 11 is 1.79. The van der Waals surface area contributed by atoms with Crippen LogP contribution >= 0.6 is 11.3 Å². The number of ether oxygens (including phenoxy) is 2. The Morgan fingerprint density at radius 1 is 0.977 bits per heavy atom. The smallest absolute Gasteiger partial charge is 0.263 e. The highest BCUT2D eigenvalue weighted by Crippen LogP contribution is 2.41. The quantitative estimate of drug-likeness (QED) is 0.129. The Labute approximate surface area is 266 Å². The summed E-state index contributed by atoms with van der Waals surface area (Å²) in [5.41, 5.74) is 6.73. The number of hydrogen-bond donors (Lipinski definition) is 0. The lowest BCUT2D eigenvalue weighted by molar-refractivity contribution is -0.642. The number of para-hydroxylation sites is 1. The first-order valence-electron chi connectivity index (χ1n) is 15.2. The number of anilines is 1. The molecule has 4 aromatic rings. The molecule has 0 amide bonds. The van der Waals surface area contributed by atoms with Crippen LogP contribution in [0.5, 0.6) is 11.5 Å². The Morgan fingerprint density at radius 3 is 2.41 bits per heavy atom. The average molecular weight is 608 g/mol. The van der Waals surface area contributed by atoms with Crippen LogP contribution in [-0.4, -0.2) is 64.3 Å². The number of terminal acetylenes is 1. The number of methoxy groups -OCH3 is 2. The number of nitrogens with zero attached hydrogens (tertiary/aromatic N) is 4. The predicted octanol–water partition coefficient (Wildman–Crippen LogP) is 6.91. The van der Waals surface area contributed by atoms with Gasteiger partial charge in [0.05, 0.1) is 32.0 Å². The maximum Gasteiger partial charge on any atom is 0.263 e. The number of aryl methyl sites for hydroxylation is 1. The van der Waals surface area contributed by atoms with E-state index >= 15 is 0 Å². The van der Waals surface area contributed by atoms with Gasteiger partial charge in [-0.1, -0.05) is 48.4 Å². The normalized spacial score (nSPS) is 13.6. The van der Waals surface area contributed by atoms with Gasteiger partial charge in [-0.2, -0.15) is 4.57 Å². The van der Waals surface area contributed by atoms with E-state index in [0.717, 1.165) is 60.8 Å². The lowest BCUT2D eigenvalue weighted by Gasteiger charge is -2.39. The molecule has 2 heterocycles. The summed E-state index contributed by atoms with van der Waals surface area (Å²) < 4.78 is 14.9. The first-order chi connectivity index (χ1) is 21.4. The van der Waals surface area contributed by atoms with Crippen molar-refractivity contribution >= 4 is 38.9 Å². The van der Waals surface area contributed by atoms with Crippen LogP contribution in [0, 0.1) is 12.3 Å². The van der Waals surface area contributed by atoms with Crippen LogP contribution in [-0.2, 0) is 7.05 Å². The number of allylic oxidation sites excluding steroid dienone is 2. The second-order valence-corrected chi connectivity index (χ2v) is 12.3. The van der Waals surface area contributed by atoms with Crippen LogP contribution in [0.15, 0.2) is 72.6 Å². The van der Waals surface area contributed by atoms with Crippen molar-refractivity contribution in [2.75, 3.05) is 59.4 Å². The summed E-state index contributed by atoms with van der Waals surface area (Å²) in [6.07, 6.45) is 12.7. The first kappa shape index (κ1) is 31.2. The highest BCUT2D eigenvalue weighted by atomic mass is 32.1. The van der Waals surface area contributed by atoms with Crippen LogP contribution in [0.1, 0.15) is 30.3 Å². The molecule has 0 unspecified atom stereocenters. The number of fused-ring (bicyclic) bond motifs is 2. The standard InChI is InChI=1S/C37H43N4O2S/c1-8-20-40(23-13-22-38(3)4)35-25-28(29-14-10-11-15-30(29)41(35)21-9-2)26-36-39(5)31-19-18-27(24-34(31)44-36)37-32(42-6)16-12-17-33(37)43-7/h2,10-12,14-19,24-26H,8,13,20-23H2,1,3-7H3/q+1. The topological polar surface area (TPSA) is 32.1 Å². The van der Waals surface area contributed by atoms with Crippen LogP contribution in [0.4, 0.5) is 5.69 Å². The third-order valence-electron chi connectivity index (χ3n) is 8.03. The van der Waals surface area contributed by atoms with Crippen LogP contribution in [0.25, 0.3) is 33.0 Å². The molecule has 3 aromatic carbocycles. The van der Waals surface area contributed by atoms with Gasteiger partial charge in [-0.3, -0.25) is 0 Å². The molecule has 228 valence electrons. The molecule has 6 nitrogen and oxygen atoms in total. The van der Waals surface area contributed by atoms with E-state index in [4.69, 9.17) is 15.9 Å². The Hall–Kier alpha value is -4.25. The van der Waals surface area contributed by atoms with Crippen molar-refractivity contribution in [3.05, 3.63) is 83.1 Å². The third-order valence-corrected chi connectivity index (χ3v) is 9.18. The number of thiazole rings is 1. The van der Waals surface area contributed by atoms with Gasteiger partial charge in [-0.25, -0.2) is 0 Å². The highest BCUT2D eigenvalue weighted by molar-refractivity contribution is 7.19. The minimum Gasteiger partial charge on any atom is -0.496 e. The molecule has 1 aliphatic heterocycles. The lowest BCUT2D eigenvalue weighted by Crippen LogP contribution is -2.39. The number of benzene rings is 3. The Balaban J connectivity index is 1.62. The molecule has 0 saturated carbocycles. The second-order valence-electron chi connectivity index (χ2n) is 11.3. The molecule has 0 fully saturated rings. The van der Waals surface area contributed by atoms with Crippen LogP contribution in [0.2, 0.25) is 0 Å². The van der Waals surface area contributed by atoms with Crippen molar-refractivity contribution in [2.45, 2.75) is 19.8 Å². The van der Waals surface area contributed by atoms with Crippen LogP contribution in [0.3, 0.4) is 0 Å². The van der Waals surface area contributed by atoms with Crippen molar-refractivity contribution in [3.8, 4) is 35.0 Å². The molecule has 0 saturated heterocycles. The lowest BCUT2D eigenvalue weighted by atomic mass is 9.98. The van der Waals surface area contributed by atoms with E-state index in [2.05, 4.69) is 108 Å². The zero-order valence-electron chi connectivity index (χ0n) is 26.8.